The number of carbonyl (C=O) groups is 2. The van der Waals surface area contributed by atoms with Crippen LogP contribution < -0.4 is 10.1 Å². The number of rotatable bonds is 5. The van der Waals surface area contributed by atoms with Crippen LogP contribution >= 0.6 is 0 Å². The summed E-state index contributed by atoms with van der Waals surface area (Å²) in [7, 11) is 1.57. The largest absolute Gasteiger partial charge is 0.497 e. The normalized spacial score (nSPS) is 9.62. The van der Waals surface area contributed by atoms with Gasteiger partial charge in [0.05, 0.1) is 7.11 Å². The number of hydrogen-bond acceptors (Lipinski definition) is 3. The van der Waals surface area contributed by atoms with E-state index in [9.17, 15) is 9.59 Å². The second-order valence-electron chi connectivity index (χ2n) is 3.44. The van der Waals surface area contributed by atoms with Crippen LogP contribution in [0.15, 0.2) is 24.3 Å². The first-order chi connectivity index (χ1) is 7.63. The fourth-order valence-corrected chi connectivity index (χ4v) is 1.20. The van der Waals surface area contributed by atoms with E-state index in [-0.39, 0.29) is 11.7 Å². The molecule has 0 aliphatic heterocycles. The van der Waals surface area contributed by atoms with E-state index in [1.165, 1.54) is 6.92 Å². The molecular formula is C12H15NO3. The minimum Gasteiger partial charge on any atom is -0.497 e. The SMILES string of the molecule is COc1ccc(C(=O)NCCC(C)=O)cc1. The standard InChI is InChI=1S/C12H15NO3/c1-9(14)7-8-13-12(15)10-3-5-11(16-2)6-4-10/h3-6H,7-8H2,1-2H3,(H,13,15). The van der Waals surface area contributed by atoms with Gasteiger partial charge in [0.2, 0.25) is 0 Å². The summed E-state index contributed by atoms with van der Waals surface area (Å²) in [5, 5.41) is 2.67. The van der Waals surface area contributed by atoms with Crippen LogP contribution in [0.5, 0.6) is 5.75 Å². The zero-order valence-corrected chi connectivity index (χ0v) is 9.45. The summed E-state index contributed by atoms with van der Waals surface area (Å²) in [5.74, 6) is 0.596. The van der Waals surface area contributed by atoms with Gasteiger partial charge < -0.3 is 10.1 Å². The van der Waals surface area contributed by atoms with Crippen LogP contribution in [0.2, 0.25) is 0 Å². The second-order valence-corrected chi connectivity index (χ2v) is 3.44. The minimum absolute atomic E-state index is 0.0648. The maximum Gasteiger partial charge on any atom is 0.251 e. The molecule has 1 aromatic rings. The van der Waals surface area contributed by atoms with E-state index in [1.54, 1.807) is 31.4 Å². The van der Waals surface area contributed by atoms with Crippen LogP contribution in [0.4, 0.5) is 0 Å². The minimum atomic E-state index is -0.177. The van der Waals surface area contributed by atoms with E-state index >= 15 is 0 Å². The van der Waals surface area contributed by atoms with Crippen LogP contribution in [0.25, 0.3) is 0 Å². The summed E-state index contributed by atoms with van der Waals surface area (Å²) in [6.45, 7) is 1.87. The van der Waals surface area contributed by atoms with E-state index in [4.69, 9.17) is 4.74 Å². The maximum atomic E-state index is 11.6. The number of ketones is 1. The molecule has 1 rings (SSSR count). The lowest BCUT2D eigenvalue weighted by atomic mass is 10.2. The van der Waals surface area contributed by atoms with Crippen molar-refractivity contribution in [2.24, 2.45) is 0 Å². The van der Waals surface area contributed by atoms with Gasteiger partial charge in [-0.15, -0.1) is 0 Å². The van der Waals surface area contributed by atoms with Crippen molar-refractivity contribution in [3.8, 4) is 5.75 Å². The molecule has 1 aromatic carbocycles. The third kappa shape index (κ3) is 3.73. The maximum absolute atomic E-state index is 11.6. The predicted molar refractivity (Wildman–Crippen MR) is 60.6 cm³/mol. The molecule has 0 aromatic heterocycles. The van der Waals surface area contributed by atoms with Crippen molar-refractivity contribution in [2.75, 3.05) is 13.7 Å². The number of benzene rings is 1. The molecule has 4 heteroatoms. The average molecular weight is 221 g/mol. The summed E-state index contributed by atoms with van der Waals surface area (Å²) in [5.41, 5.74) is 0.560. The zero-order valence-electron chi connectivity index (χ0n) is 9.45. The fraction of sp³-hybridized carbons (Fsp3) is 0.333. The Hall–Kier alpha value is -1.84. The highest BCUT2D eigenvalue weighted by molar-refractivity contribution is 5.94. The van der Waals surface area contributed by atoms with Crippen LogP contribution in [0.3, 0.4) is 0 Å². The number of nitrogens with one attached hydrogen (secondary N) is 1. The van der Waals surface area contributed by atoms with E-state index in [0.29, 0.717) is 24.3 Å². The van der Waals surface area contributed by atoms with Gasteiger partial charge in [0.15, 0.2) is 0 Å². The Bertz CT molecular complexity index is 370. The second kappa shape index (κ2) is 5.90. The van der Waals surface area contributed by atoms with Gasteiger partial charge in [0.1, 0.15) is 11.5 Å². The Balaban J connectivity index is 2.49. The van der Waals surface area contributed by atoms with Crippen molar-refractivity contribution in [1.29, 1.82) is 0 Å². The van der Waals surface area contributed by atoms with Crippen molar-refractivity contribution in [1.82, 2.24) is 5.32 Å². The third-order valence-electron chi connectivity index (χ3n) is 2.11. The Morgan fingerprint density at radius 2 is 1.88 bits per heavy atom. The number of amides is 1. The van der Waals surface area contributed by atoms with Gasteiger partial charge in [0.25, 0.3) is 5.91 Å². The molecular weight excluding hydrogens is 206 g/mol. The molecule has 0 spiro atoms. The van der Waals surface area contributed by atoms with E-state index in [1.807, 2.05) is 0 Å². The number of carbonyl (C=O) groups excluding carboxylic acids is 2. The Labute approximate surface area is 94.6 Å². The van der Waals surface area contributed by atoms with Gasteiger partial charge in [0, 0.05) is 18.5 Å². The lowest BCUT2D eigenvalue weighted by Gasteiger charge is -2.04. The predicted octanol–water partition coefficient (Wildman–Crippen LogP) is 1.40. The van der Waals surface area contributed by atoms with Crippen molar-refractivity contribution >= 4 is 11.7 Å². The van der Waals surface area contributed by atoms with E-state index in [0.717, 1.165) is 0 Å². The molecule has 0 unspecified atom stereocenters. The fourth-order valence-electron chi connectivity index (χ4n) is 1.20. The lowest BCUT2D eigenvalue weighted by molar-refractivity contribution is -0.116. The molecule has 16 heavy (non-hydrogen) atoms. The summed E-state index contributed by atoms with van der Waals surface area (Å²) < 4.78 is 4.99. The van der Waals surface area contributed by atoms with E-state index in [2.05, 4.69) is 5.32 Å². The third-order valence-corrected chi connectivity index (χ3v) is 2.11. The highest BCUT2D eigenvalue weighted by Gasteiger charge is 2.04. The molecule has 4 nitrogen and oxygen atoms in total. The number of Topliss-reactive ketones (excluding diaryl/α,β-unsaturated/α-hetero) is 1. The van der Waals surface area contributed by atoms with Gasteiger partial charge in [-0.05, 0) is 31.2 Å². The van der Waals surface area contributed by atoms with Gasteiger partial charge in [-0.1, -0.05) is 0 Å². The average Bonchev–Trinajstić information content (AvgIpc) is 2.28. The first kappa shape index (κ1) is 12.2. The molecule has 0 radical (unpaired) electrons. The van der Waals surface area contributed by atoms with Crippen molar-refractivity contribution in [2.45, 2.75) is 13.3 Å². The summed E-state index contributed by atoms with van der Waals surface area (Å²) >= 11 is 0. The van der Waals surface area contributed by atoms with Gasteiger partial charge in [-0.25, -0.2) is 0 Å². The molecule has 0 atom stereocenters. The molecule has 0 saturated heterocycles. The smallest absolute Gasteiger partial charge is 0.251 e. The van der Waals surface area contributed by atoms with Crippen molar-refractivity contribution in [3.63, 3.8) is 0 Å². The van der Waals surface area contributed by atoms with Gasteiger partial charge >= 0.3 is 0 Å². The monoisotopic (exact) mass is 221 g/mol. The van der Waals surface area contributed by atoms with Crippen LogP contribution in [0.1, 0.15) is 23.7 Å². The topological polar surface area (TPSA) is 55.4 Å². The number of ether oxygens (including phenoxy) is 1. The van der Waals surface area contributed by atoms with Crippen LogP contribution in [0, 0.1) is 0 Å². The molecule has 0 bridgehead atoms. The molecule has 0 saturated carbocycles. The van der Waals surface area contributed by atoms with Crippen molar-refractivity contribution in [3.05, 3.63) is 29.8 Å². The molecule has 86 valence electrons. The van der Waals surface area contributed by atoms with Gasteiger partial charge in [-0.3, -0.25) is 9.59 Å². The molecule has 0 heterocycles. The van der Waals surface area contributed by atoms with E-state index < -0.39 is 0 Å². The quantitative estimate of drug-likeness (QED) is 0.817. The Morgan fingerprint density at radius 1 is 1.25 bits per heavy atom. The van der Waals surface area contributed by atoms with Crippen LogP contribution in [-0.4, -0.2) is 25.3 Å². The Morgan fingerprint density at radius 3 is 2.38 bits per heavy atom. The molecule has 1 amide bonds. The van der Waals surface area contributed by atoms with Gasteiger partial charge in [-0.2, -0.15) is 0 Å². The number of methoxy groups -OCH3 is 1. The molecule has 0 aliphatic carbocycles. The first-order valence-corrected chi connectivity index (χ1v) is 5.05. The highest BCUT2D eigenvalue weighted by atomic mass is 16.5. The number of hydrogen-bond donors (Lipinski definition) is 1. The van der Waals surface area contributed by atoms with Crippen LogP contribution in [-0.2, 0) is 4.79 Å². The lowest BCUT2D eigenvalue weighted by Crippen LogP contribution is -2.25. The molecule has 0 fully saturated rings. The summed E-state index contributed by atoms with van der Waals surface area (Å²) in [4.78, 5) is 22.2. The summed E-state index contributed by atoms with van der Waals surface area (Å²) in [6.07, 6.45) is 0.363. The molecule has 1 N–H and O–H groups in total. The highest BCUT2D eigenvalue weighted by Crippen LogP contribution is 2.10. The van der Waals surface area contributed by atoms with Crippen molar-refractivity contribution < 1.29 is 14.3 Å². The Kier molecular flexibility index (Phi) is 4.51. The first-order valence-electron chi connectivity index (χ1n) is 5.05. The zero-order chi connectivity index (χ0) is 12.0. The summed E-state index contributed by atoms with van der Waals surface area (Å²) in [6, 6.07) is 6.81. The molecule has 0 aliphatic rings.